The van der Waals surface area contributed by atoms with Gasteiger partial charge in [0, 0.05) is 0 Å². The summed E-state index contributed by atoms with van der Waals surface area (Å²) in [7, 11) is 0. The molecule has 0 N–H and O–H groups in total. The molecule has 0 radical (unpaired) electrons. The molecule has 2 aliphatic rings. The number of benzene rings is 10. The number of rotatable bonds is 3. The standard InChI is InChI=1S/C55H34/c1-2-14-35(15-3-1)36-26-28-38(29-27-36)52-43-19-6-8-21-45(43)53(46-22-9-7-20-44(46)52)39-30-32-42-41-18-10-12-24-48(41)55(51(42)34-39)49-25-13-11-23-47(49)54-40-17-5-4-16-37(40)31-33-50(54)55/h1-34H. The summed E-state index contributed by atoms with van der Waals surface area (Å²) in [5, 5.41) is 7.67. The van der Waals surface area contributed by atoms with Gasteiger partial charge in [0.15, 0.2) is 0 Å². The molecule has 0 heteroatoms. The summed E-state index contributed by atoms with van der Waals surface area (Å²) in [5.41, 5.74) is 17.9. The van der Waals surface area contributed by atoms with Crippen molar-refractivity contribution in [2.24, 2.45) is 0 Å². The Morgan fingerprint density at radius 2 is 0.709 bits per heavy atom. The summed E-state index contributed by atoms with van der Waals surface area (Å²) in [6.07, 6.45) is 0. The Hall–Kier alpha value is -7.02. The van der Waals surface area contributed by atoms with E-state index in [4.69, 9.17) is 0 Å². The van der Waals surface area contributed by atoms with Crippen LogP contribution >= 0.6 is 0 Å². The summed E-state index contributed by atoms with van der Waals surface area (Å²) in [6, 6.07) is 77.0. The Bertz CT molecular complexity index is 3130. The average Bonchev–Trinajstić information content (AvgIpc) is 3.73. The van der Waals surface area contributed by atoms with Crippen molar-refractivity contribution in [1.29, 1.82) is 0 Å². The van der Waals surface area contributed by atoms with Crippen molar-refractivity contribution >= 4 is 32.3 Å². The van der Waals surface area contributed by atoms with Crippen LogP contribution in [0.5, 0.6) is 0 Å². The Balaban J connectivity index is 1.14. The normalized spacial score (nSPS) is 15.0. The highest BCUT2D eigenvalue weighted by Crippen LogP contribution is 2.64. The van der Waals surface area contributed by atoms with Crippen LogP contribution in [-0.4, -0.2) is 0 Å². The van der Waals surface area contributed by atoms with Crippen molar-refractivity contribution in [3.05, 3.63) is 229 Å². The van der Waals surface area contributed by atoms with E-state index in [1.807, 2.05) is 0 Å². The van der Waals surface area contributed by atoms with Crippen LogP contribution in [0.15, 0.2) is 206 Å². The maximum Gasteiger partial charge on any atom is 0.0725 e. The van der Waals surface area contributed by atoms with E-state index in [-0.39, 0.29) is 0 Å². The molecule has 254 valence electrons. The quantitative estimate of drug-likeness (QED) is 0.162. The minimum absolute atomic E-state index is 0.427. The molecular weight excluding hydrogens is 661 g/mol. The zero-order chi connectivity index (χ0) is 36.1. The summed E-state index contributed by atoms with van der Waals surface area (Å²) in [5.74, 6) is 0. The summed E-state index contributed by atoms with van der Waals surface area (Å²) in [4.78, 5) is 0. The van der Waals surface area contributed by atoms with E-state index in [1.54, 1.807) is 0 Å². The van der Waals surface area contributed by atoms with Gasteiger partial charge in [-0.15, -0.1) is 0 Å². The van der Waals surface area contributed by atoms with Crippen LogP contribution in [0.1, 0.15) is 22.3 Å². The summed E-state index contributed by atoms with van der Waals surface area (Å²) in [6.45, 7) is 0. The van der Waals surface area contributed by atoms with Gasteiger partial charge in [-0.25, -0.2) is 0 Å². The van der Waals surface area contributed by atoms with Crippen LogP contribution in [0.25, 0.3) is 88.0 Å². The minimum Gasteiger partial charge on any atom is -0.0622 e. The predicted molar refractivity (Wildman–Crippen MR) is 232 cm³/mol. The SMILES string of the molecule is c1ccc(-c2ccc(-c3c4ccccc4c(-c4ccc5c(c4)C4(c6ccccc6-5)c5ccccc5-c5c4ccc4ccccc54)c4ccccc34)cc2)cc1. The average molecular weight is 695 g/mol. The predicted octanol–water partition coefficient (Wildman–Crippen LogP) is 14.5. The summed E-state index contributed by atoms with van der Waals surface area (Å²) < 4.78 is 0. The Morgan fingerprint density at radius 3 is 1.40 bits per heavy atom. The zero-order valence-corrected chi connectivity index (χ0v) is 30.1. The molecule has 0 heterocycles. The lowest BCUT2D eigenvalue weighted by Crippen LogP contribution is -2.25. The Labute approximate surface area is 320 Å². The van der Waals surface area contributed by atoms with Crippen molar-refractivity contribution in [2.75, 3.05) is 0 Å². The van der Waals surface area contributed by atoms with Crippen LogP contribution in [0, 0.1) is 0 Å². The molecule has 10 aromatic carbocycles. The number of hydrogen-bond donors (Lipinski definition) is 0. The van der Waals surface area contributed by atoms with Gasteiger partial charge in [-0.1, -0.05) is 200 Å². The van der Waals surface area contributed by atoms with Gasteiger partial charge in [0.1, 0.15) is 0 Å². The topological polar surface area (TPSA) is 0 Å². The summed E-state index contributed by atoms with van der Waals surface area (Å²) >= 11 is 0. The molecule has 0 aromatic heterocycles. The van der Waals surface area contributed by atoms with Crippen LogP contribution in [0.4, 0.5) is 0 Å². The van der Waals surface area contributed by atoms with E-state index in [0.717, 1.165) is 0 Å². The van der Waals surface area contributed by atoms with Gasteiger partial charge in [0.05, 0.1) is 5.41 Å². The van der Waals surface area contributed by atoms with Crippen molar-refractivity contribution in [3.63, 3.8) is 0 Å². The van der Waals surface area contributed by atoms with Gasteiger partial charge in [0.25, 0.3) is 0 Å². The fraction of sp³-hybridized carbons (Fsp3) is 0.0182. The van der Waals surface area contributed by atoms with Gasteiger partial charge < -0.3 is 0 Å². The molecular formula is C55H34. The van der Waals surface area contributed by atoms with Gasteiger partial charge in [-0.3, -0.25) is 0 Å². The molecule has 2 aliphatic carbocycles. The van der Waals surface area contributed by atoms with Crippen molar-refractivity contribution in [2.45, 2.75) is 5.41 Å². The fourth-order valence-corrected chi connectivity index (χ4v) is 10.3. The highest BCUT2D eigenvalue weighted by Gasteiger charge is 2.52. The largest absolute Gasteiger partial charge is 0.0725 e. The molecule has 0 bridgehead atoms. The first kappa shape index (κ1) is 30.4. The van der Waals surface area contributed by atoms with E-state index < -0.39 is 5.41 Å². The third kappa shape index (κ3) is 4.12. The number of hydrogen-bond acceptors (Lipinski definition) is 0. The van der Waals surface area contributed by atoms with Crippen LogP contribution in [-0.2, 0) is 5.41 Å². The lowest BCUT2D eigenvalue weighted by molar-refractivity contribution is 0.795. The van der Waals surface area contributed by atoms with Crippen LogP contribution in [0.3, 0.4) is 0 Å². The van der Waals surface area contributed by atoms with Crippen molar-refractivity contribution in [1.82, 2.24) is 0 Å². The van der Waals surface area contributed by atoms with Crippen molar-refractivity contribution < 1.29 is 0 Å². The highest BCUT2D eigenvalue weighted by atomic mass is 14.5. The van der Waals surface area contributed by atoms with E-state index in [1.165, 1.54) is 110 Å². The molecule has 0 amide bonds. The van der Waals surface area contributed by atoms with Gasteiger partial charge in [-0.05, 0) is 116 Å². The van der Waals surface area contributed by atoms with Gasteiger partial charge in [-0.2, -0.15) is 0 Å². The van der Waals surface area contributed by atoms with Crippen LogP contribution < -0.4 is 0 Å². The first-order valence-corrected chi connectivity index (χ1v) is 19.3. The van der Waals surface area contributed by atoms with E-state index in [9.17, 15) is 0 Å². The molecule has 0 aliphatic heterocycles. The smallest absolute Gasteiger partial charge is 0.0622 e. The Morgan fingerprint density at radius 1 is 0.236 bits per heavy atom. The molecule has 55 heavy (non-hydrogen) atoms. The zero-order valence-electron chi connectivity index (χ0n) is 30.1. The molecule has 0 saturated heterocycles. The molecule has 1 spiro atoms. The minimum atomic E-state index is -0.427. The third-order valence-electron chi connectivity index (χ3n) is 12.5. The van der Waals surface area contributed by atoms with E-state index in [2.05, 4.69) is 206 Å². The molecule has 1 atom stereocenters. The third-order valence-corrected chi connectivity index (χ3v) is 12.5. The van der Waals surface area contributed by atoms with E-state index >= 15 is 0 Å². The maximum absolute atomic E-state index is 2.54. The maximum atomic E-state index is 2.54. The molecule has 1 unspecified atom stereocenters. The molecule has 10 aromatic rings. The monoisotopic (exact) mass is 694 g/mol. The first-order chi connectivity index (χ1) is 27.3. The Kier molecular flexibility index (Phi) is 6.36. The first-order valence-electron chi connectivity index (χ1n) is 19.3. The molecule has 0 nitrogen and oxygen atoms in total. The second-order valence-electron chi connectivity index (χ2n) is 15.1. The van der Waals surface area contributed by atoms with Gasteiger partial charge in [0.2, 0.25) is 0 Å². The fourth-order valence-electron chi connectivity index (χ4n) is 10.3. The van der Waals surface area contributed by atoms with Gasteiger partial charge >= 0.3 is 0 Å². The second-order valence-corrected chi connectivity index (χ2v) is 15.1. The van der Waals surface area contributed by atoms with Crippen molar-refractivity contribution in [3.8, 4) is 55.6 Å². The van der Waals surface area contributed by atoms with Crippen LogP contribution in [0.2, 0.25) is 0 Å². The highest BCUT2D eigenvalue weighted by molar-refractivity contribution is 6.21. The molecule has 12 rings (SSSR count). The molecule has 0 fully saturated rings. The number of fused-ring (bicyclic) bond motifs is 14. The lowest BCUT2D eigenvalue weighted by atomic mass is 9.70. The molecule has 0 saturated carbocycles. The van der Waals surface area contributed by atoms with E-state index in [0.29, 0.717) is 0 Å². The second kappa shape index (κ2) is 11.5. The lowest BCUT2D eigenvalue weighted by Gasteiger charge is -2.31.